The van der Waals surface area contributed by atoms with Gasteiger partial charge >= 0.3 is 0 Å². The van der Waals surface area contributed by atoms with Gasteiger partial charge in [0, 0.05) is 20.2 Å². The summed E-state index contributed by atoms with van der Waals surface area (Å²) in [6, 6.07) is 3.40. The number of carbonyl (C=O) groups is 1. The molecule has 0 atom stereocenters. The van der Waals surface area contributed by atoms with Crippen molar-refractivity contribution in [3.63, 3.8) is 0 Å². The van der Waals surface area contributed by atoms with Crippen LogP contribution in [0, 0.1) is 11.7 Å². The first-order valence-corrected chi connectivity index (χ1v) is 6.67. The van der Waals surface area contributed by atoms with Crippen LogP contribution < -0.4 is 0 Å². The maximum Gasteiger partial charge on any atom is 0.180 e. The largest absolute Gasteiger partial charge is 0.507 e. The molecule has 1 rings (SSSR count). The van der Waals surface area contributed by atoms with Crippen LogP contribution in [0.2, 0.25) is 0 Å². The molecular weight excluding hydrogens is 261 g/mol. The molecule has 0 spiro atoms. The van der Waals surface area contributed by atoms with E-state index in [9.17, 15) is 14.3 Å². The van der Waals surface area contributed by atoms with Gasteiger partial charge in [-0.3, -0.25) is 9.69 Å². The molecule has 0 saturated heterocycles. The number of ether oxygens (including phenoxy) is 1. The summed E-state index contributed by atoms with van der Waals surface area (Å²) in [5, 5.41) is 9.65. The van der Waals surface area contributed by atoms with Gasteiger partial charge in [0.2, 0.25) is 0 Å². The van der Waals surface area contributed by atoms with E-state index < -0.39 is 5.82 Å². The fourth-order valence-corrected chi connectivity index (χ4v) is 1.99. The average molecular weight is 283 g/mol. The molecular formula is C15H22FNO3. The Kier molecular flexibility index (Phi) is 6.61. The predicted octanol–water partition coefficient (Wildman–Crippen LogP) is 2.32. The molecule has 0 saturated carbocycles. The highest BCUT2D eigenvalue weighted by molar-refractivity contribution is 6.00. The lowest BCUT2D eigenvalue weighted by Crippen LogP contribution is -2.35. The predicted molar refractivity (Wildman–Crippen MR) is 75.5 cm³/mol. The summed E-state index contributed by atoms with van der Waals surface area (Å²) in [5.74, 6) is -0.606. The minimum Gasteiger partial charge on any atom is -0.507 e. The lowest BCUT2D eigenvalue weighted by Gasteiger charge is -2.23. The van der Waals surface area contributed by atoms with Crippen LogP contribution in [0.5, 0.6) is 5.75 Å². The highest BCUT2D eigenvalue weighted by Crippen LogP contribution is 2.19. The number of phenolic OH excluding ortho intramolecular Hbond substituents is 1. The molecule has 0 radical (unpaired) electrons. The Morgan fingerprint density at radius 2 is 2.15 bits per heavy atom. The Morgan fingerprint density at radius 3 is 2.75 bits per heavy atom. The number of phenols is 1. The van der Waals surface area contributed by atoms with Crippen LogP contribution in [0.15, 0.2) is 18.2 Å². The number of Topliss-reactive ketones (excluding diaryl/α,β-unsaturated/α-hetero) is 1. The van der Waals surface area contributed by atoms with Crippen molar-refractivity contribution in [3.05, 3.63) is 29.6 Å². The second-order valence-corrected chi connectivity index (χ2v) is 5.21. The number of aromatic hydroxyl groups is 1. The molecule has 4 nitrogen and oxygen atoms in total. The number of carbonyl (C=O) groups excluding carboxylic acids is 1. The first-order chi connectivity index (χ1) is 9.43. The molecule has 0 aliphatic heterocycles. The Bertz CT molecular complexity index is 449. The second kappa shape index (κ2) is 7.97. The van der Waals surface area contributed by atoms with E-state index in [1.807, 2.05) is 4.90 Å². The molecule has 0 unspecified atom stereocenters. The van der Waals surface area contributed by atoms with Crippen molar-refractivity contribution in [1.82, 2.24) is 4.90 Å². The van der Waals surface area contributed by atoms with E-state index in [2.05, 4.69) is 13.8 Å². The van der Waals surface area contributed by atoms with Gasteiger partial charge in [0.25, 0.3) is 0 Å². The van der Waals surface area contributed by atoms with E-state index in [-0.39, 0.29) is 23.6 Å². The van der Waals surface area contributed by atoms with Crippen LogP contribution in [-0.2, 0) is 4.74 Å². The average Bonchev–Trinajstić information content (AvgIpc) is 2.38. The fraction of sp³-hybridized carbons (Fsp3) is 0.533. The van der Waals surface area contributed by atoms with Crippen LogP contribution >= 0.6 is 0 Å². The third-order valence-corrected chi connectivity index (χ3v) is 2.86. The highest BCUT2D eigenvalue weighted by atomic mass is 19.1. The summed E-state index contributed by atoms with van der Waals surface area (Å²) in [5.41, 5.74) is 0.0242. The Labute approximate surface area is 119 Å². The smallest absolute Gasteiger partial charge is 0.180 e. The van der Waals surface area contributed by atoms with Gasteiger partial charge in [-0.05, 0) is 24.1 Å². The van der Waals surface area contributed by atoms with Crippen LogP contribution in [-0.4, -0.2) is 49.1 Å². The van der Waals surface area contributed by atoms with Gasteiger partial charge in [-0.25, -0.2) is 4.39 Å². The third kappa shape index (κ3) is 5.27. The Balaban J connectivity index is 2.76. The van der Waals surface area contributed by atoms with Crippen molar-refractivity contribution in [1.29, 1.82) is 0 Å². The quantitative estimate of drug-likeness (QED) is 0.744. The molecule has 0 aliphatic rings. The SMILES string of the molecule is COCCN(CC(=O)c1cc(F)ccc1O)CC(C)C. The molecule has 20 heavy (non-hydrogen) atoms. The number of halogens is 1. The van der Waals surface area contributed by atoms with Crippen molar-refractivity contribution >= 4 is 5.78 Å². The van der Waals surface area contributed by atoms with Crippen molar-refractivity contribution in [2.45, 2.75) is 13.8 Å². The van der Waals surface area contributed by atoms with Gasteiger partial charge in [-0.1, -0.05) is 13.8 Å². The van der Waals surface area contributed by atoms with Gasteiger partial charge in [0.05, 0.1) is 18.7 Å². The van der Waals surface area contributed by atoms with Gasteiger partial charge in [0.15, 0.2) is 5.78 Å². The summed E-state index contributed by atoms with van der Waals surface area (Å²) in [6.07, 6.45) is 0. The molecule has 0 aromatic heterocycles. The van der Waals surface area contributed by atoms with Crippen LogP contribution in [0.1, 0.15) is 24.2 Å². The lowest BCUT2D eigenvalue weighted by atomic mass is 10.1. The van der Waals surface area contributed by atoms with Crippen LogP contribution in [0.4, 0.5) is 4.39 Å². The molecule has 0 fully saturated rings. The Morgan fingerprint density at radius 1 is 1.45 bits per heavy atom. The summed E-state index contributed by atoms with van der Waals surface area (Å²) in [7, 11) is 1.60. The normalized spacial score (nSPS) is 11.3. The molecule has 1 N–H and O–H groups in total. The van der Waals surface area contributed by atoms with E-state index in [1.54, 1.807) is 7.11 Å². The molecule has 0 heterocycles. The number of benzene rings is 1. The molecule has 0 amide bonds. The summed E-state index contributed by atoms with van der Waals surface area (Å²) >= 11 is 0. The van der Waals surface area contributed by atoms with E-state index in [4.69, 9.17) is 4.74 Å². The zero-order valence-corrected chi connectivity index (χ0v) is 12.2. The number of ketones is 1. The second-order valence-electron chi connectivity index (χ2n) is 5.21. The standard InChI is InChI=1S/C15H22FNO3/c1-11(2)9-17(6-7-20-3)10-15(19)13-8-12(16)4-5-14(13)18/h4-5,8,11,18H,6-7,9-10H2,1-3H3. The molecule has 0 bridgehead atoms. The van der Waals surface area contributed by atoms with Crippen molar-refractivity contribution in [2.24, 2.45) is 5.92 Å². The minimum atomic E-state index is -0.529. The summed E-state index contributed by atoms with van der Waals surface area (Å²) in [6.45, 7) is 6.14. The maximum atomic E-state index is 13.2. The summed E-state index contributed by atoms with van der Waals surface area (Å²) < 4.78 is 18.2. The van der Waals surface area contributed by atoms with Gasteiger partial charge < -0.3 is 9.84 Å². The molecule has 1 aromatic carbocycles. The molecule has 112 valence electrons. The first-order valence-electron chi connectivity index (χ1n) is 6.67. The topological polar surface area (TPSA) is 49.8 Å². The highest BCUT2D eigenvalue weighted by Gasteiger charge is 2.17. The van der Waals surface area contributed by atoms with E-state index in [0.717, 1.165) is 18.7 Å². The third-order valence-electron chi connectivity index (χ3n) is 2.86. The number of hydrogen-bond donors (Lipinski definition) is 1. The van der Waals surface area contributed by atoms with Crippen molar-refractivity contribution in [2.75, 3.05) is 33.4 Å². The van der Waals surface area contributed by atoms with Crippen molar-refractivity contribution < 1.29 is 19.0 Å². The van der Waals surface area contributed by atoms with Gasteiger partial charge in [0.1, 0.15) is 11.6 Å². The zero-order chi connectivity index (χ0) is 15.1. The minimum absolute atomic E-state index is 0.0242. The number of methoxy groups -OCH3 is 1. The van der Waals surface area contributed by atoms with Gasteiger partial charge in [-0.15, -0.1) is 0 Å². The molecule has 5 heteroatoms. The number of nitrogens with zero attached hydrogens (tertiary/aromatic N) is 1. The number of hydrogen-bond acceptors (Lipinski definition) is 4. The van der Waals surface area contributed by atoms with E-state index in [0.29, 0.717) is 19.1 Å². The first kappa shape index (κ1) is 16.6. The lowest BCUT2D eigenvalue weighted by molar-refractivity contribution is 0.0878. The molecule has 0 aliphatic carbocycles. The monoisotopic (exact) mass is 283 g/mol. The van der Waals surface area contributed by atoms with Gasteiger partial charge in [-0.2, -0.15) is 0 Å². The molecule has 1 aromatic rings. The fourth-order valence-electron chi connectivity index (χ4n) is 1.99. The van der Waals surface area contributed by atoms with Crippen LogP contribution in [0.3, 0.4) is 0 Å². The van der Waals surface area contributed by atoms with E-state index in [1.165, 1.54) is 6.07 Å². The van der Waals surface area contributed by atoms with Crippen molar-refractivity contribution in [3.8, 4) is 5.75 Å². The Hall–Kier alpha value is -1.46. The zero-order valence-electron chi connectivity index (χ0n) is 12.2. The van der Waals surface area contributed by atoms with E-state index >= 15 is 0 Å². The number of rotatable bonds is 8. The maximum absolute atomic E-state index is 13.2. The van der Waals surface area contributed by atoms with Crippen LogP contribution in [0.25, 0.3) is 0 Å². The summed E-state index contributed by atoms with van der Waals surface area (Å²) in [4.78, 5) is 14.1.